The summed E-state index contributed by atoms with van der Waals surface area (Å²) >= 11 is 0. The second-order valence-electron chi connectivity index (χ2n) is 4.11. The van der Waals surface area contributed by atoms with E-state index in [0.717, 1.165) is 44.9 Å². The number of nitrogens with one attached hydrogen (secondary N) is 2. The van der Waals surface area contributed by atoms with Crippen molar-refractivity contribution in [1.29, 1.82) is 0 Å². The number of ether oxygens (including phenoxy) is 1. The van der Waals surface area contributed by atoms with Crippen LogP contribution in [-0.2, 0) is 11.2 Å². The van der Waals surface area contributed by atoms with Gasteiger partial charge < -0.3 is 19.9 Å². The molecule has 1 rings (SSSR count). The summed E-state index contributed by atoms with van der Waals surface area (Å²) in [7, 11) is 3.46. The highest BCUT2D eigenvalue weighted by Gasteiger charge is 2.02. The molecule has 0 unspecified atom stereocenters. The van der Waals surface area contributed by atoms with Crippen LogP contribution in [0, 0.1) is 6.92 Å². The largest absolute Gasteiger partial charge is 0.385 e. The smallest absolute Gasteiger partial charge is 0.226 e. The summed E-state index contributed by atoms with van der Waals surface area (Å²) in [6.07, 6.45) is 2.65. The SMILES string of the molecule is CN=C(NCCCOC)NCCCc1nc(C)no1. The van der Waals surface area contributed by atoms with Crippen LogP contribution < -0.4 is 10.6 Å². The third kappa shape index (κ3) is 6.76. The maximum Gasteiger partial charge on any atom is 0.226 e. The first-order valence-corrected chi connectivity index (χ1v) is 6.49. The maximum atomic E-state index is 5.04. The van der Waals surface area contributed by atoms with E-state index >= 15 is 0 Å². The van der Waals surface area contributed by atoms with Crippen LogP contribution in [0.5, 0.6) is 0 Å². The van der Waals surface area contributed by atoms with E-state index in [1.165, 1.54) is 0 Å². The second-order valence-corrected chi connectivity index (χ2v) is 4.11. The van der Waals surface area contributed by atoms with Gasteiger partial charge in [-0.1, -0.05) is 5.16 Å². The molecule has 0 aliphatic rings. The topological polar surface area (TPSA) is 84.6 Å². The Kier molecular flexibility index (Phi) is 7.57. The summed E-state index contributed by atoms with van der Waals surface area (Å²) in [6.45, 7) is 4.22. The summed E-state index contributed by atoms with van der Waals surface area (Å²) in [5.74, 6) is 2.17. The second kappa shape index (κ2) is 9.32. The summed E-state index contributed by atoms with van der Waals surface area (Å²) in [5.41, 5.74) is 0. The number of nitrogens with zero attached hydrogens (tertiary/aromatic N) is 3. The van der Waals surface area contributed by atoms with Crippen molar-refractivity contribution in [3.05, 3.63) is 11.7 Å². The average Bonchev–Trinajstić information content (AvgIpc) is 2.82. The van der Waals surface area contributed by atoms with E-state index in [9.17, 15) is 0 Å². The third-order valence-corrected chi connectivity index (χ3v) is 2.47. The van der Waals surface area contributed by atoms with Gasteiger partial charge in [0.05, 0.1) is 0 Å². The highest BCUT2D eigenvalue weighted by Crippen LogP contribution is 1.98. The molecule has 0 amide bonds. The lowest BCUT2D eigenvalue weighted by atomic mass is 10.3. The Labute approximate surface area is 113 Å². The number of guanidine groups is 1. The van der Waals surface area contributed by atoms with Gasteiger partial charge in [-0.25, -0.2) is 0 Å². The molecule has 19 heavy (non-hydrogen) atoms. The molecule has 0 aliphatic heterocycles. The standard InChI is InChI=1S/C12H23N5O2/c1-10-16-11(19-17-10)6-4-7-14-12(13-2)15-8-5-9-18-3/h4-9H2,1-3H3,(H2,13,14,15). The zero-order valence-electron chi connectivity index (χ0n) is 11.9. The fourth-order valence-corrected chi connectivity index (χ4v) is 1.53. The minimum absolute atomic E-state index is 0.679. The van der Waals surface area contributed by atoms with Crippen molar-refractivity contribution in [3.63, 3.8) is 0 Å². The van der Waals surface area contributed by atoms with E-state index < -0.39 is 0 Å². The molecule has 1 aromatic rings. The Morgan fingerprint density at radius 1 is 1.32 bits per heavy atom. The fraction of sp³-hybridized carbons (Fsp3) is 0.750. The first-order chi connectivity index (χ1) is 9.26. The van der Waals surface area contributed by atoms with Gasteiger partial charge in [-0.3, -0.25) is 4.99 Å². The van der Waals surface area contributed by atoms with E-state index in [1.54, 1.807) is 14.2 Å². The third-order valence-electron chi connectivity index (χ3n) is 2.47. The highest BCUT2D eigenvalue weighted by molar-refractivity contribution is 5.79. The lowest BCUT2D eigenvalue weighted by molar-refractivity contribution is 0.195. The lowest BCUT2D eigenvalue weighted by Gasteiger charge is -2.10. The van der Waals surface area contributed by atoms with Crippen molar-refractivity contribution in [1.82, 2.24) is 20.8 Å². The van der Waals surface area contributed by atoms with E-state index in [-0.39, 0.29) is 0 Å². The molecule has 0 aromatic carbocycles. The number of rotatable bonds is 8. The van der Waals surface area contributed by atoms with Crippen molar-refractivity contribution in [2.45, 2.75) is 26.2 Å². The van der Waals surface area contributed by atoms with Gasteiger partial charge in [-0.05, 0) is 19.8 Å². The first kappa shape index (κ1) is 15.4. The van der Waals surface area contributed by atoms with Crippen LogP contribution in [0.4, 0.5) is 0 Å². The normalized spacial score (nSPS) is 11.6. The predicted molar refractivity (Wildman–Crippen MR) is 73.2 cm³/mol. The highest BCUT2D eigenvalue weighted by atomic mass is 16.5. The summed E-state index contributed by atoms with van der Waals surface area (Å²) < 4.78 is 10.0. The van der Waals surface area contributed by atoms with E-state index in [2.05, 4.69) is 25.8 Å². The molecule has 1 aromatic heterocycles. The molecule has 108 valence electrons. The van der Waals surface area contributed by atoms with Gasteiger partial charge in [0, 0.05) is 40.3 Å². The Bertz CT molecular complexity index is 378. The maximum absolute atomic E-state index is 5.04. The molecule has 0 spiro atoms. The summed E-state index contributed by atoms with van der Waals surface area (Å²) in [5, 5.41) is 10.2. The Balaban J connectivity index is 2.09. The van der Waals surface area contributed by atoms with Gasteiger partial charge in [0.25, 0.3) is 0 Å². The number of hydrogen-bond acceptors (Lipinski definition) is 5. The molecule has 7 nitrogen and oxygen atoms in total. The zero-order valence-corrected chi connectivity index (χ0v) is 11.9. The van der Waals surface area contributed by atoms with E-state index in [1.807, 2.05) is 6.92 Å². The van der Waals surface area contributed by atoms with Gasteiger partial charge in [-0.15, -0.1) is 0 Å². The molecule has 0 bridgehead atoms. The lowest BCUT2D eigenvalue weighted by Crippen LogP contribution is -2.38. The van der Waals surface area contributed by atoms with Crippen molar-refractivity contribution in [2.75, 3.05) is 33.9 Å². The van der Waals surface area contributed by atoms with Gasteiger partial charge in [0.2, 0.25) is 5.89 Å². The van der Waals surface area contributed by atoms with Crippen LogP contribution in [0.1, 0.15) is 24.6 Å². The van der Waals surface area contributed by atoms with Gasteiger partial charge >= 0.3 is 0 Å². The Morgan fingerprint density at radius 2 is 2.05 bits per heavy atom. The molecule has 0 saturated heterocycles. The van der Waals surface area contributed by atoms with Gasteiger partial charge in [0.1, 0.15) is 0 Å². The van der Waals surface area contributed by atoms with E-state index in [4.69, 9.17) is 9.26 Å². The van der Waals surface area contributed by atoms with Crippen LogP contribution in [-0.4, -0.2) is 50.0 Å². The molecule has 0 saturated carbocycles. The van der Waals surface area contributed by atoms with Crippen LogP contribution >= 0.6 is 0 Å². The molecule has 1 heterocycles. The first-order valence-electron chi connectivity index (χ1n) is 6.49. The van der Waals surface area contributed by atoms with Gasteiger partial charge in [0.15, 0.2) is 11.8 Å². The molecule has 2 N–H and O–H groups in total. The number of aromatic nitrogens is 2. The number of hydrogen-bond donors (Lipinski definition) is 2. The molecule has 0 fully saturated rings. The Hall–Kier alpha value is -1.63. The van der Waals surface area contributed by atoms with E-state index in [0.29, 0.717) is 11.7 Å². The predicted octanol–water partition coefficient (Wildman–Crippen LogP) is 0.512. The quantitative estimate of drug-likeness (QED) is 0.406. The zero-order chi connectivity index (χ0) is 13.9. The molecule has 0 radical (unpaired) electrons. The van der Waals surface area contributed by atoms with Crippen LogP contribution in [0.2, 0.25) is 0 Å². The number of aliphatic imine (C=N–C) groups is 1. The molecule has 7 heteroatoms. The number of methoxy groups -OCH3 is 1. The fourth-order valence-electron chi connectivity index (χ4n) is 1.53. The summed E-state index contributed by atoms with van der Waals surface area (Å²) in [6, 6.07) is 0. The molecular weight excluding hydrogens is 246 g/mol. The average molecular weight is 269 g/mol. The van der Waals surface area contributed by atoms with Crippen molar-refractivity contribution < 1.29 is 9.26 Å². The Morgan fingerprint density at radius 3 is 2.63 bits per heavy atom. The number of aryl methyl sites for hydroxylation is 2. The summed E-state index contributed by atoms with van der Waals surface area (Å²) in [4.78, 5) is 8.29. The monoisotopic (exact) mass is 269 g/mol. The van der Waals surface area contributed by atoms with Crippen molar-refractivity contribution in [2.24, 2.45) is 4.99 Å². The van der Waals surface area contributed by atoms with Crippen LogP contribution in [0.25, 0.3) is 0 Å². The van der Waals surface area contributed by atoms with Crippen molar-refractivity contribution in [3.8, 4) is 0 Å². The molecule has 0 atom stereocenters. The van der Waals surface area contributed by atoms with Gasteiger partial charge in [-0.2, -0.15) is 4.98 Å². The minimum atomic E-state index is 0.679. The molecular formula is C12H23N5O2. The van der Waals surface area contributed by atoms with Crippen LogP contribution in [0.3, 0.4) is 0 Å². The minimum Gasteiger partial charge on any atom is -0.385 e. The molecule has 0 aliphatic carbocycles. The van der Waals surface area contributed by atoms with Crippen LogP contribution in [0.15, 0.2) is 9.52 Å². The van der Waals surface area contributed by atoms with Crippen molar-refractivity contribution >= 4 is 5.96 Å².